The van der Waals surface area contributed by atoms with E-state index in [4.69, 9.17) is 9.31 Å². The Morgan fingerprint density at radius 3 is 1.95 bits per heavy atom. The first-order valence-electron chi connectivity index (χ1n) is 7.54. The lowest BCUT2D eigenvalue weighted by molar-refractivity contribution is 0.00578. The lowest BCUT2D eigenvalue weighted by Gasteiger charge is -2.32. The van der Waals surface area contributed by atoms with Gasteiger partial charge in [-0.15, -0.1) is 0 Å². The van der Waals surface area contributed by atoms with Gasteiger partial charge in [0.05, 0.1) is 11.2 Å². The monoisotopic (exact) mass is 274 g/mol. The Labute approximate surface area is 124 Å². The van der Waals surface area contributed by atoms with Gasteiger partial charge < -0.3 is 9.31 Å². The number of benzene rings is 1. The molecule has 0 bridgehead atoms. The van der Waals surface area contributed by atoms with E-state index in [1.165, 1.54) is 5.56 Å². The first-order chi connectivity index (χ1) is 9.14. The predicted octanol–water partition coefficient (Wildman–Crippen LogP) is 4.49. The Hall–Kier alpha value is -0.795. The molecule has 2 nitrogen and oxygen atoms in total. The summed E-state index contributed by atoms with van der Waals surface area (Å²) in [7, 11) is -0.142. The second-order valence-electron chi connectivity index (χ2n) is 7.56. The average molecular weight is 274 g/mol. The number of rotatable bonds is 4. The lowest BCUT2D eigenvalue weighted by atomic mass is 9.57. The van der Waals surface area contributed by atoms with Gasteiger partial charge in [0.2, 0.25) is 0 Å². The SMILES string of the molecule is CC(C)(CCc1ccccc1)B1OC(C)(C)C(C)(C)O1. The molecular formula is C17H27BO2. The summed E-state index contributed by atoms with van der Waals surface area (Å²) in [4.78, 5) is 0. The summed E-state index contributed by atoms with van der Waals surface area (Å²) in [6, 6.07) is 10.6. The Bertz CT molecular complexity index is 435. The molecule has 1 aromatic rings. The Balaban J connectivity index is 2.01. The lowest BCUT2D eigenvalue weighted by Crippen LogP contribution is -2.41. The molecule has 1 aliphatic heterocycles. The molecule has 3 heteroatoms. The topological polar surface area (TPSA) is 18.5 Å². The largest absolute Gasteiger partial charge is 0.463 e. The van der Waals surface area contributed by atoms with Gasteiger partial charge in [0.25, 0.3) is 0 Å². The maximum absolute atomic E-state index is 6.20. The van der Waals surface area contributed by atoms with E-state index in [1.54, 1.807) is 0 Å². The highest BCUT2D eigenvalue weighted by Crippen LogP contribution is 2.46. The van der Waals surface area contributed by atoms with Crippen LogP contribution < -0.4 is 0 Å². The predicted molar refractivity (Wildman–Crippen MR) is 84.9 cm³/mol. The standard InChI is InChI=1S/C17H27BO2/c1-15(2,13-12-14-10-8-7-9-11-14)18-19-16(3,4)17(5,6)20-18/h7-11H,12-13H2,1-6H3. The molecule has 0 saturated carbocycles. The molecule has 0 radical (unpaired) electrons. The summed E-state index contributed by atoms with van der Waals surface area (Å²) >= 11 is 0. The van der Waals surface area contributed by atoms with E-state index in [1.807, 2.05) is 0 Å². The highest BCUT2D eigenvalue weighted by Gasteiger charge is 2.56. The maximum atomic E-state index is 6.20. The summed E-state index contributed by atoms with van der Waals surface area (Å²) in [5.74, 6) is 0. The van der Waals surface area contributed by atoms with Crippen molar-refractivity contribution in [3.05, 3.63) is 35.9 Å². The fourth-order valence-corrected chi connectivity index (χ4v) is 2.39. The summed E-state index contributed by atoms with van der Waals surface area (Å²) < 4.78 is 12.4. The second kappa shape index (κ2) is 5.20. The number of hydrogen-bond acceptors (Lipinski definition) is 2. The van der Waals surface area contributed by atoms with Crippen LogP contribution in [-0.4, -0.2) is 18.3 Å². The molecule has 1 aromatic carbocycles. The molecule has 0 aromatic heterocycles. The molecule has 1 fully saturated rings. The van der Waals surface area contributed by atoms with Crippen molar-refractivity contribution in [3.8, 4) is 0 Å². The van der Waals surface area contributed by atoms with Crippen molar-refractivity contribution in [2.75, 3.05) is 0 Å². The minimum Gasteiger partial charge on any atom is -0.403 e. The Kier molecular flexibility index (Phi) is 4.05. The van der Waals surface area contributed by atoms with Crippen LogP contribution in [0.15, 0.2) is 30.3 Å². The molecule has 0 aliphatic carbocycles. The van der Waals surface area contributed by atoms with Gasteiger partial charge in [0, 0.05) is 5.31 Å². The van der Waals surface area contributed by atoms with Crippen LogP contribution >= 0.6 is 0 Å². The van der Waals surface area contributed by atoms with Crippen LogP contribution in [0.4, 0.5) is 0 Å². The number of hydrogen-bond donors (Lipinski definition) is 0. The van der Waals surface area contributed by atoms with Gasteiger partial charge >= 0.3 is 7.12 Å². The smallest absolute Gasteiger partial charge is 0.403 e. The van der Waals surface area contributed by atoms with Crippen molar-refractivity contribution in [3.63, 3.8) is 0 Å². The van der Waals surface area contributed by atoms with Crippen LogP contribution in [0.25, 0.3) is 0 Å². The van der Waals surface area contributed by atoms with Crippen LogP contribution in [0.2, 0.25) is 5.31 Å². The molecule has 0 unspecified atom stereocenters. The highest BCUT2D eigenvalue weighted by atomic mass is 16.7. The van der Waals surface area contributed by atoms with Gasteiger partial charge in [-0.25, -0.2) is 0 Å². The maximum Gasteiger partial charge on any atom is 0.463 e. The van der Waals surface area contributed by atoms with E-state index in [-0.39, 0.29) is 23.6 Å². The van der Waals surface area contributed by atoms with Crippen molar-refractivity contribution in [1.82, 2.24) is 0 Å². The third-order valence-corrected chi connectivity index (χ3v) is 4.79. The van der Waals surface area contributed by atoms with Crippen molar-refractivity contribution < 1.29 is 9.31 Å². The van der Waals surface area contributed by atoms with Gasteiger partial charge in [-0.3, -0.25) is 0 Å². The molecule has 110 valence electrons. The molecule has 1 aliphatic rings. The van der Waals surface area contributed by atoms with Crippen LogP contribution in [0.1, 0.15) is 53.5 Å². The zero-order valence-corrected chi connectivity index (χ0v) is 13.7. The molecule has 0 spiro atoms. The molecule has 20 heavy (non-hydrogen) atoms. The van der Waals surface area contributed by atoms with E-state index in [9.17, 15) is 0 Å². The molecule has 0 atom stereocenters. The van der Waals surface area contributed by atoms with Gasteiger partial charge in [0.15, 0.2) is 0 Å². The van der Waals surface area contributed by atoms with E-state index in [2.05, 4.69) is 71.9 Å². The third-order valence-electron chi connectivity index (χ3n) is 4.79. The molecule has 0 amide bonds. The molecular weight excluding hydrogens is 247 g/mol. The van der Waals surface area contributed by atoms with Gasteiger partial charge in [-0.1, -0.05) is 44.2 Å². The summed E-state index contributed by atoms with van der Waals surface area (Å²) in [6.07, 6.45) is 2.10. The zero-order valence-electron chi connectivity index (χ0n) is 13.7. The summed E-state index contributed by atoms with van der Waals surface area (Å²) in [5.41, 5.74) is 0.876. The van der Waals surface area contributed by atoms with Crippen LogP contribution in [0, 0.1) is 0 Å². The quantitative estimate of drug-likeness (QED) is 0.753. The van der Waals surface area contributed by atoms with E-state index >= 15 is 0 Å². The fraction of sp³-hybridized carbons (Fsp3) is 0.647. The molecule has 0 N–H and O–H groups in total. The first-order valence-corrected chi connectivity index (χ1v) is 7.54. The van der Waals surface area contributed by atoms with Crippen LogP contribution in [-0.2, 0) is 15.7 Å². The highest BCUT2D eigenvalue weighted by molar-refractivity contribution is 6.49. The summed E-state index contributed by atoms with van der Waals surface area (Å²) in [6.45, 7) is 12.9. The molecule has 2 rings (SSSR count). The number of aryl methyl sites for hydroxylation is 1. The van der Waals surface area contributed by atoms with E-state index in [0.717, 1.165) is 12.8 Å². The van der Waals surface area contributed by atoms with Gasteiger partial charge in [0.1, 0.15) is 0 Å². The van der Waals surface area contributed by atoms with Gasteiger partial charge in [-0.2, -0.15) is 0 Å². The fourth-order valence-electron chi connectivity index (χ4n) is 2.39. The van der Waals surface area contributed by atoms with Crippen molar-refractivity contribution in [1.29, 1.82) is 0 Å². The van der Waals surface area contributed by atoms with Crippen molar-refractivity contribution in [2.24, 2.45) is 0 Å². The minimum atomic E-state index is -0.248. The van der Waals surface area contributed by atoms with E-state index in [0.29, 0.717) is 0 Å². The van der Waals surface area contributed by atoms with Gasteiger partial charge in [-0.05, 0) is 46.1 Å². The van der Waals surface area contributed by atoms with E-state index < -0.39 is 0 Å². The average Bonchev–Trinajstić information content (AvgIpc) is 2.58. The third kappa shape index (κ3) is 3.10. The van der Waals surface area contributed by atoms with Crippen molar-refractivity contribution in [2.45, 2.75) is 70.9 Å². The summed E-state index contributed by atoms with van der Waals surface area (Å²) in [5, 5.41) is 0.000874. The molecule has 1 heterocycles. The molecule has 1 saturated heterocycles. The second-order valence-corrected chi connectivity index (χ2v) is 7.56. The Morgan fingerprint density at radius 1 is 0.950 bits per heavy atom. The van der Waals surface area contributed by atoms with Crippen molar-refractivity contribution >= 4 is 7.12 Å². The Morgan fingerprint density at radius 2 is 1.45 bits per heavy atom. The normalized spacial score (nSPS) is 21.2. The zero-order chi connectivity index (χ0) is 15.0. The first kappa shape index (κ1) is 15.6. The van der Waals surface area contributed by atoms with Crippen LogP contribution in [0.5, 0.6) is 0 Å². The van der Waals surface area contributed by atoms with Crippen LogP contribution in [0.3, 0.4) is 0 Å². The minimum absolute atomic E-state index is 0.000874.